The lowest BCUT2D eigenvalue weighted by Gasteiger charge is -2.10. The Labute approximate surface area is 163 Å². The van der Waals surface area contributed by atoms with Crippen LogP contribution in [0.4, 0.5) is 5.69 Å². The van der Waals surface area contributed by atoms with Crippen LogP contribution in [0.2, 0.25) is 0 Å². The van der Waals surface area contributed by atoms with E-state index in [0.717, 1.165) is 14.4 Å². The van der Waals surface area contributed by atoms with Gasteiger partial charge in [-0.05, 0) is 70.5 Å². The minimum atomic E-state index is -0.262. The molecule has 1 amide bonds. The smallest absolute Gasteiger partial charge is 0.248 e. The predicted molar refractivity (Wildman–Crippen MR) is 107 cm³/mol. The lowest BCUT2D eigenvalue weighted by molar-refractivity contribution is -0.111. The highest BCUT2D eigenvalue weighted by Crippen LogP contribution is 2.28. The van der Waals surface area contributed by atoms with Crippen LogP contribution in [0.15, 0.2) is 64.6 Å². The molecule has 2 aromatic heterocycles. The second kappa shape index (κ2) is 8.64. The van der Waals surface area contributed by atoms with Gasteiger partial charge in [0.1, 0.15) is 17.2 Å². The van der Waals surface area contributed by atoms with Gasteiger partial charge in [0.2, 0.25) is 11.8 Å². The average molecular weight is 431 g/mol. The van der Waals surface area contributed by atoms with Crippen LogP contribution in [0.3, 0.4) is 0 Å². The number of thiophene rings is 1. The number of anilines is 1. The van der Waals surface area contributed by atoms with E-state index in [1.54, 1.807) is 67.1 Å². The molecule has 7 heteroatoms. The van der Waals surface area contributed by atoms with Crippen molar-refractivity contribution in [3.8, 4) is 17.4 Å². The van der Waals surface area contributed by atoms with Gasteiger partial charge in [-0.25, -0.2) is 4.98 Å². The normalized spacial score (nSPS) is 10.7. The number of benzene rings is 1. The van der Waals surface area contributed by atoms with Crippen LogP contribution in [0.5, 0.6) is 17.4 Å². The number of carbonyl (C=O) groups excluding carboxylic acids is 1. The Kier molecular flexibility index (Phi) is 6.04. The summed E-state index contributed by atoms with van der Waals surface area (Å²) in [6, 6.07) is 14.5. The van der Waals surface area contributed by atoms with Gasteiger partial charge in [-0.3, -0.25) is 4.79 Å². The van der Waals surface area contributed by atoms with Crippen molar-refractivity contribution < 1.29 is 14.3 Å². The molecule has 3 rings (SSSR count). The maximum Gasteiger partial charge on any atom is 0.248 e. The summed E-state index contributed by atoms with van der Waals surface area (Å²) in [5.41, 5.74) is 0.491. The molecule has 26 heavy (non-hydrogen) atoms. The molecule has 0 aliphatic rings. The van der Waals surface area contributed by atoms with Crippen LogP contribution in [-0.2, 0) is 4.79 Å². The highest BCUT2D eigenvalue weighted by atomic mass is 79.9. The first kappa shape index (κ1) is 18.2. The van der Waals surface area contributed by atoms with Gasteiger partial charge in [0.15, 0.2) is 0 Å². The standard InChI is InChI=1S/C19H15BrN2O3S/c1-24-13-4-6-14(7-5-13)25-19-16(3-2-12-21-19)22-18(23)11-9-15-8-10-17(20)26-15/h2-12H,1H3,(H,22,23)/b11-9+. The first-order valence-electron chi connectivity index (χ1n) is 7.65. The third kappa shape index (κ3) is 4.93. The number of rotatable bonds is 6. The van der Waals surface area contributed by atoms with Crippen molar-refractivity contribution in [1.82, 2.24) is 4.98 Å². The van der Waals surface area contributed by atoms with Crippen molar-refractivity contribution in [3.63, 3.8) is 0 Å². The highest BCUT2D eigenvalue weighted by Gasteiger charge is 2.08. The lowest BCUT2D eigenvalue weighted by Crippen LogP contribution is -2.09. The Morgan fingerprint density at radius 1 is 1.15 bits per heavy atom. The van der Waals surface area contributed by atoms with E-state index in [-0.39, 0.29) is 5.91 Å². The fourth-order valence-electron chi connectivity index (χ4n) is 2.07. The highest BCUT2D eigenvalue weighted by molar-refractivity contribution is 9.11. The molecule has 3 aromatic rings. The van der Waals surface area contributed by atoms with E-state index in [0.29, 0.717) is 17.3 Å². The number of amides is 1. The van der Waals surface area contributed by atoms with Crippen molar-refractivity contribution in [2.75, 3.05) is 12.4 Å². The van der Waals surface area contributed by atoms with E-state index in [1.807, 2.05) is 12.1 Å². The van der Waals surface area contributed by atoms with Crippen LogP contribution in [-0.4, -0.2) is 18.0 Å². The summed E-state index contributed by atoms with van der Waals surface area (Å²) < 4.78 is 11.9. The maximum absolute atomic E-state index is 12.2. The predicted octanol–water partition coefficient (Wildman–Crippen LogP) is 5.36. The number of methoxy groups -OCH3 is 1. The average Bonchev–Trinajstić information content (AvgIpc) is 3.08. The molecule has 2 heterocycles. The minimum absolute atomic E-state index is 0.262. The maximum atomic E-state index is 12.2. The fraction of sp³-hybridized carbons (Fsp3) is 0.0526. The quantitative estimate of drug-likeness (QED) is 0.534. The largest absolute Gasteiger partial charge is 0.497 e. The van der Waals surface area contributed by atoms with Gasteiger partial charge in [-0.1, -0.05) is 0 Å². The van der Waals surface area contributed by atoms with Gasteiger partial charge < -0.3 is 14.8 Å². The molecule has 132 valence electrons. The van der Waals surface area contributed by atoms with Crippen LogP contribution in [0.25, 0.3) is 6.08 Å². The number of nitrogens with one attached hydrogen (secondary N) is 1. The monoisotopic (exact) mass is 430 g/mol. The summed E-state index contributed by atoms with van der Waals surface area (Å²) in [5, 5.41) is 2.79. The summed E-state index contributed by atoms with van der Waals surface area (Å²) in [5.74, 6) is 1.39. The summed E-state index contributed by atoms with van der Waals surface area (Å²) in [6.07, 6.45) is 4.83. The SMILES string of the molecule is COc1ccc(Oc2ncccc2NC(=O)/C=C/c2ccc(Br)s2)cc1. The van der Waals surface area contributed by atoms with Gasteiger partial charge in [0, 0.05) is 17.2 Å². The third-order valence-corrected chi connectivity index (χ3v) is 4.88. The number of hydrogen-bond acceptors (Lipinski definition) is 5. The second-order valence-corrected chi connectivity index (χ2v) is 7.59. The third-order valence-electron chi connectivity index (χ3n) is 3.30. The summed E-state index contributed by atoms with van der Waals surface area (Å²) in [4.78, 5) is 17.4. The number of ether oxygens (including phenoxy) is 2. The Balaban J connectivity index is 1.69. The molecule has 1 N–H and O–H groups in total. The van der Waals surface area contributed by atoms with Crippen molar-refractivity contribution in [1.29, 1.82) is 0 Å². The van der Waals surface area contributed by atoms with E-state index >= 15 is 0 Å². The molecule has 0 atom stereocenters. The van der Waals surface area contributed by atoms with E-state index in [2.05, 4.69) is 26.2 Å². The molecule has 0 fully saturated rings. The van der Waals surface area contributed by atoms with Crippen LogP contribution < -0.4 is 14.8 Å². The number of halogens is 1. The Hall–Kier alpha value is -2.64. The molecule has 5 nitrogen and oxygen atoms in total. The number of aromatic nitrogens is 1. The fourth-order valence-corrected chi connectivity index (χ4v) is 3.40. The van der Waals surface area contributed by atoms with Crippen LogP contribution in [0.1, 0.15) is 4.88 Å². The van der Waals surface area contributed by atoms with Gasteiger partial charge in [-0.15, -0.1) is 11.3 Å². The molecular weight excluding hydrogens is 416 g/mol. The lowest BCUT2D eigenvalue weighted by atomic mass is 10.3. The van der Waals surface area contributed by atoms with Gasteiger partial charge in [0.05, 0.1) is 10.9 Å². The van der Waals surface area contributed by atoms with Gasteiger partial charge in [0.25, 0.3) is 0 Å². The molecule has 0 spiro atoms. The summed E-state index contributed by atoms with van der Waals surface area (Å²) >= 11 is 4.94. The molecule has 0 saturated carbocycles. The first-order chi connectivity index (χ1) is 12.6. The summed E-state index contributed by atoms with van der Waals surface area (Å²) in [7, 11) is 1.60. The van der Waals surface area contributed by atoms with Crippen molar-refractivity contribution in [3.05, 3.63) is 69.5 Å². The van der Waals surface area contributed by atoms with Gasteiger partial charge >= 0.3 is 0 Å². The topological polar surface area (TPSA) is 60.5 Å². The number of carbonyl (C=O) groups is 1. The number of pyridine rings is 1. The van der Waals surface area contributed by atoms with Crippen LogP contribution in [0, 0.1) is 0 Å². The molecule has 0 aliphatic carbocycles. The van der Waals surface area contributed by atoms with E-state index < -0.39 is 0 Å². The second-order valence-electron chi connectivity index (χ2n) is 5.10. The zero-order chi connectivity index (χ0) is 18.4. The molecule has 0 radical (unpaired) electrons. The van der Waals surface area contributed by atoms with Gasteiger partial charge in [-0.2, -0.15) is 0 Å². The van der Waals surface area contributed by atoms with Crippen molar-refractivity contribution in [2.24, 2.45) is 0 Å². The van der Waals surface area contributed by atoms with E-state index in [9.17, 15) is 4.79 Å². The van der Waals surface area contributed by atoms with E-state index in [1.165, 1.54) is 6.08 Å². The van der Waals surface area contributed by atoms with Crippen molar-refractivity contribution >= 4 is 44.9 Å². The Morgan fingerprint density at radius 2 is 1.92 bits per heavy atom. The molecule has 0 aliphatic heterocycles. The molecular formula is C19H15BrN2O3S. The molecule has 1 aromatic carbocycles. The zero-order valence-corrected chi connectivity index (χ0v) is 16.2. The van der Waals surface area contributed by atoms with E-state index in [4.69, 9.17) is 9.47 Å². The minimum Gasteiger partial charge on any atom is -0.497 e. The molecule has 0 saturated heterocycles. The number of nitrogens with zero attached hydrogens (tertiary/aromatic N) is 1. The Bertz CT molecular complexity index is 923. The van der Waals surface area contributed by atoms with Crippen LogP contribution >= 0.6 is 27.3 Å². The molecule has 0 bridgehead atoms. The zero-order valence-electron chi connectivity index (χ0n) is 13.8. The number of hydrogen-bond donors (Lipinski definition) is 1. The molecule has 0 unspecified atom stereocenters. The van der Waals surface area contributed by atoms with Crippen molar-refractivity contribution in [2.45, 2.75) is 0 Å². The Morgan fingerprint density at radius 3 is 2.62 bits per heavy atom. The first-order valence-corrected chi connectivity index (χ1v) is 9.26. The summed E-state index contributed by atoms with van der Waals surface area (Å²) in [6.45, 7) is 0.